The molecule has 0 aromatic carbocycles. The Kier molecular flexibility index (Phi) is 5.14. The molecule has 5 nitrogen and oxygen atoms in total. The summed E-state index contributed by atoms with van der Waals surface area (Å²) >= 11 is 1.35. The van der Waals surface area contributed by atoms with E-state index in [0.29, 0.717) is 23.8 Å². The predicted octanol–water partition coefficient (Wildman–Crippen LogP) is 1.89. The first kappa shape index (κ1) is 15.0. The molecule has 0 bridgehead atoms. The first-order valence-corrected chi connectivity index (χ1v) is 7.88. The predicted molar refractivity (Wildman–Crippen MR) is 79.0 cm³/mol. The van der Waals surface area contributed by atoms with Crippen molar-refractivity contribution in [1.29, 1.82) is 0 Å². The van der Waals surface area contributed by atoms with E-state index in [9.17, 15) is 9.59 Å². The van der Waals surface area contributed by atoms with Gasteiger partial charge in [-0.25, -0.2) is 5.84 Å². The second-order valence-electron chi connectivity index (χ2n) is 5.17. The van der Waals surface area contributed by atoms with Crippen LogP contribution in [0.25, 0.3) is 0 Å². The molecular formula is C14H21N3O2S. The highest BCUT2D eigenvalue weighted by atomic mass is 32.1. The fourth-order valence-electron chi connectivity index (χ4n) is 2.60. The molecule has 1 aliphatic rings. The summed E-state index contributed by atoms with van der Waals surface area (Å²) in [6.07, 6.45) is 3.76. The molecule has 1 saturated heterocycles. The van der Waals surface area contributed by atoms with Gasteiger partial charge in [-0.3, -0.25) is 15.0 Å². The molecule has 2 amide bonds. The number of likely N-dealkylation sites (tertiary alicyclic amines) is 1. The van der Waals surface area contributed by atoms with Gasteiger partial charge in [0.1, 0.15) is 0 Å². The molecule has 2 rings (SSSR count). The summed E-state index contributed by atoms with van der Waals surface area (Å²) in [5.74, 6) is 5.72. The van der Waals surface area contributed by atoms with Crippen LogP contribution >= 0.6 is 11.3 Å². The molecule has 0 saturated carbocycles. The van der Waals surface area contributed by atoms with E-state index in [1.165, 1.54) is 11.3 Å². The van der Waals surface area contributed by atoms with Gasteiger partial charge in [0.2, 0.25) is 5.91 Å². The second kappa shape index (κ2) is 6.85. The number of hydrogen-bond acceptors (Lipinski definition) is 4. The van der Waals surface area contributed by atoms with Gasteiger partial charge in [0, 0.05) is 19.5 Å². The lowest BCUT2D eigenvalue weighted by molar-refractivity contribution is -0.131. The number of hydrogen-bond donors (Lipinski definition) is 2. The van der Waals surface area contributed by atoms with Crippen LogP contribution in [0.2, 0.25) is 0 Å². The number of amides is 2. The molecule has 110 valence electrons. The van der Waals surface area contributed by atoms with E-state index in [2.05, 4.69) is 12.3 Å². The third-order valence-corrected chi connectivity index (χ3v) is 4.90. The highest BCUT2D eigenvalue weighted by Crippen LogP contribution is 2.24. The topological polar surface area (TPSA) is 75.4 Å². The fourth-order valence-corrected chi connectivity index (χ4v) is 3.42. The van der Waals surface area contributed by atoms with E-state index in [1.807, 2.05) is 16.3 Å². The number of nitrogen functional groups attached to an aromatic ring is 1. The van der Waals surface area contributed by atoms with E-state index in [0.717, 1.165) is 31.4 Å². The Labute approximate surface area is 123 Å². The molecule has 1 fully saturated rings. The van der Waals surface area contributed by atoms with Gasteiger partial charge in [-0.2, -0.15) is 0 Å². The summed E-state index contributed by atoms with van der Waals surface area (Å²) in [6, 6.07) is 1.89. The van der Waals surface area contributed by atoms with E-state index >= 15 is 0 Å². The molecule has 3 N–H and O–H groups in total. The highest BCUT2D eigenvalue weighted by Gasteiger charge is 2.23. The number of nitrogens with zero attached hydrogens (tertiary/aromatic N) is 1. The maximum atomic E-state index is 12.2. The number of thiophene rings is 1. The van der Waals surface area contributed by atoms with Gasteiger partial charge in [0.25, 0.3) is 5.91 Å². The number of carbonyl (C=O) groups is 2. The largest absolute Gasteiger partial charge is 0.338 e. The number of rotatable bonds is 4. The van der Waals surface area contributed by atoms with Gasteiger partial charge >= 0.3 is 0 Å². The maximum Gasteiger partial charge on any atom is 0.275 e. The minimum atomic E-state index is -0.288. The molecule has 1 aromatic rings. The van der Waals surface area contributed by atoms with Crippen LogP contribution in [0.1, 0.15) is 47.8 Å². The van der Waals surface area contributed by atoms with E-state index < -0.39 is 0 Å². The molecule has 2 heterocycles. The van der Waals surface area contributed by atoms with Crippen molar-refractivity contribution < 1.29 is 9.59 Å². The molecule has 1 aliphatic heterocycles. The van der Waals surface area contributed by atoms with Gasteiger partial charge in [-0.05, 0) is 35.8 Å². The zero-order chi connectivity index (χ0) is 14.5. The first-order valence-electron chi connectivity index (χ1n) is 7.00. The first-order chi connectivity index (χ1) is 9.65. The summed E-state index contributed by atoms with van der Waals surface area (Å²) in [6.45, 7) is 3.45. The fraction of sp³-hybridized carbons (Fsp3) is 0.571. The van der Waals surface area contributed by atoms with Crippen molar-refractivity contribution in [2.75, 3.05) is 6.54 Å². The lowest BCUT2D eigenvalue weighted by Gasteiger charge is -2.21. The van der Waals surface area contributed by atoms with Crippen LogP contribution in [0, 0.1) is 5.92 Å². The number of carbonyl (C=O) groups excluding carboxylic acids is 2. The summed E-state index contributed by atoms with van der Waals surface area (Å²) in [4.78, 5) is 26.3. The van der Waals surface area contributed by atoms with Crippen LogP contribution in [0.15, 0.2) is 11.4 Å². The van der Waals surface area contributed by atoms with Crippen molar-refractivity contribution in [3.8, 4) is 0 Å². The molecule has 0 radical (unpaired) electrons. The van der Waals surface area contributed by atoms with Crippen molar-refractivity contribution in [1.82, 2.24) is 10.3 Å². The SMILES string of the molecule is CCC1CCC(=O)N(Cc2ccsc2C(=O)NN)CC1. The quantitative estimate of drug-likeness (QED) is 0.506. The molecule has 6 heteroatoms. The zero-order valence-electron chi connectivity index (χ0n) is 11.7. The average Bonchev–Trinajstić information content (AvgIpc) is 2.85. The van der Waals surface area contributed by atoms with Crippen LogP contribution in [-0.4, -0.2) is 23.3 Å². The van der Waals surface area contributed by atoms with Crippen LogP contribution in [0.4, 0.5) is 0 Å². The van der Waals surface area contributed by atoms with Crippen LogP contribution in [0.3, 0.4) is 0 Å². The Hall–Kier alpha value is -1.40. The van der Waals surface area contributed by atoms with Crippen LogP contribution in [-0.2, 0) is 11.3 Å². The van der Waals surface area contributed by atoms with E-state index in [-0.39, 0.29) is 11.8 Å². The normalized spacial score (nSPS) is 19.8. The van der Waals surface area contributed by atoms with E-state index in [4.69, 9.17) is 5.84 Å². The Morgan fingerprint density at radius 1 is 1.55 bits per heavy atom. The lowest BCUT2D eigenvalue weighted by Crippen LogP contribution is -2.33. The van der Waals surface area contributed by atoms with Crippen molar-refractivity contribution in [3.63, 3.8) is 0 Å². The Morgan fingerprint density at radius 2 is 2.35 bits per heavy atom. The molecule has 0 aliphatic carbocycles. The van der Waals surface area contributed by atoms with Crippen molar-refractivity contribution in [2.24, 2.45) is 11.8 Å². The molecule has 1 aromatic heterocycles. The minimum Gasteiger partial charge on any atom is -0.338 e. The lowest BCUT2D eigenvalue weighted by atomic mass is 9.98. The van der Waals surface area contributed by atoms with Gasteiger partial charge in [-0.1, -0.05) is 13.3 Å². The Balaban J connectivity index is 2.07. The summed E-state index contributed by atoms with van der Waals surface area (Å²) in [5, 5.41) is 1.86. The summed E-state index contributed by atoms with van der Waals surface area (Å²) in [7, 11) is 0. The average molecular weight is 295 g/mol. The molecule has 1 atom stereocenters. The Morgan fingerprint density at radius 3 is 3.05 bits per heavy atom. The van der Waals surface area contributed by atoms with Crippen LogP contribution in [0.5, 0.6) is 0 Å². The van der Waals surface area contributed by atoms with Crippen LogP contribution < -0.4 is 11.3 Å². The minimum absolute atomic E-state index is 0.186. The smallest absolute Gasteiger partial charge is 0.275 e. The van der Waals surface area contributed by atoms with Gasteiger partial charge in [0.05, 0.1) is 4.88 Å². The standard InChI is InChI=1S/C14H21N3O2S/c1-2-10-3-4-12(18)17(7-5-10)9-11-6-8-20-13(11)14(19)16-15/h6,8,10H,2-5,7,9,15H2,1H3,(H,16,19). The monoisotopic (exact) mass is 295 g/mol. The number of hydrazine groups is 1. The van der Waals surface area contributed by atoms with Crippen molar-refractivity contribution in [2.45, 2.75) is 39.2 Å². The van der Waals surface area contributed by atoms with Crippen molar-refractivity contribution >= 4 is 23.2 Å². The van der Waals surface area contributed by atoms with Gasteiger partial charge < -0.3 is 4.90 Å². The summed E-state index contributed by atoms with van der Waals surface area (Å²) < 4.78 is 0. The third kappa shape index (κ3) is 3.37. The van der Waals surface area contributed by atoms with Gasteiger partial charge in [-0.15, -0.1) is 11.3 Å². The summed E-state index contributed by atoms with van der Waals surface area (Å²) in [5.41, 5.74) is 3.03. The number of nitrogens with one attached hydrogen (secondary N) is 1. The van der Waals surface area contributed by atoms with Gasteiger partial charge in [0.15, 0.2) is 0 Å². The van der Waals surface area contributed by atoms with Crippen molar-refractivity contribution in [3.05, 3.63) is 21.9 Å². The Bertz CT molecular complexity index is 487. The molecule has 20 heavy (non-hydrogen) atoms. The third-order valence-electron chi connectivity index (χ3n) is 3.95. The molecular weight excluding hydrogens is 274 g/mol. The second-order valence-corrected chi connectivity index (χ2v) is 6.08. The maximum absolute atomic E-state index is 12.2. The number of nitrogens with two attached hydrogens (primary N) is 1. The highest BCUT2D eigenvalue weighted by molar-refractivity contribution is 7.12. The zero-order valence-corrected chi connectivity index (χ0v) is 12.5. The van der Waals surface area contributed by atoms with E-state index in [1.54, 1.807) is 0 Å². The molecule has 1 unspecified atom stereocenters. The molecule has 0 spiro atoms.